The van der Waals surface area contributed by atoms with Gasteiger partial charge in [-0.05, 0) is 43.2 Å². The van der Waals surface area contributed by atoms with Gasteiger partial charge in [-0.3, -0.25) is 9.59 Å². The van der Waals surface area contributed by atoms with E-state index in [-0.39, 0.29) is 23.3 Å². The molecule has 1 aliphatic rings. The minimum absolute atomic E-state index is 0.0684. The smallest absolute Gasteiger partial charge is 0.338 e. The molecule has 28 heavy (non-hydrogen) atoms. The van der Waals surface area contributed by atoms with Crippen molar-refractivity contribution < 1.29 is 24.2 Å². The van der Waals surface area contributed by atoms with Gasteiger partial charge in [-0.25, -0.2) is 4.79 Å². The molecule has 0 radical (unpaired) electrons. The summed E-state index contributed by atoms with van der Waals surface area (Å²) >= 11 is 0. The number of amides is 2. The van der Waals surface area contributed by atoms with Crippen molar-refractivity contribution in [1.82, 2.24) is 5.32 Å². The number of carbonyl (C=O) groups excluding carboxylic acids is 3. The molecule has 0 atom stereocenters. The Morgan fingerprint density at radius 2 is 1.79 bits per heavy atom. The number of para-hydroxylation sites is 1. The maximum absolute atomic E-state index is 12.5. The SMILES string of the molecule is O=C(COC(=O)c1cccc(O)c1)Nc1ccccc1C(=O)NC1CCCC1. The average Bonchev–Trinajstić information content (AvgIpc) is 3.19. The van der Waals surface area contributed by atoms with Gasteiger partial charge in [-0.15, -0.1) is 0 Å². The predicted molar refractivity (Wildman–Crippen MR) is 103 cm³/mol. The van der Waals surface area contributed by atoms with Crippen LogP contribution in [0.1, 0.15) is 46.4 Å². The van der Waals surface area contributed by atoms with Gasteiger partial charge in [-0.2, -0.15) is 0 Å². The second kappa shape index (κ2) is 9.03. The Labute approximate surface area is 162 Å². The molecule has 2 amide bonds. The van der Waals surface area contributed by atoms with E-state index in [1.807, 2.05) is 0 Å². The average molecular weight is 382 g/mol. The molecule has 0 aliphatic heterocycles. The van der Waals surface area contributed by atoms with E-state index in [4.69, 9.17) is 4.74 Å². The van der Waals surface area contributed by atoms with Gasteiger partial charge in [0.15, 0.2) is 6.61 Å². The lowest BCUT2D eigenvalue weighted by Gasteiger charge is -2.15. The molecule has 2 aromatic carbocycles. The van der Waals surface area contributed by atoms with Gasteiger partial charge in [0.1, 0.15) is 5.75 Å². The normalized spacial score (nSPS) is 13.7. The summed E-state index contributed by atoms with van der Waals surface area (Å²) in [7, 11) is 0. The number of rotatable bonds is 6. The van der Waals surface area contributed by atoms with Crippen LogP contribution >= 0.6 is 0 Å². The minimum atomic E-state index is -0.724. The third-order valence-electron chi connectivity index (χ3n) is 4.55. The molecule has 1 aliphatic carbocycles. The zero-order valence-electron chi connectivity index (χ0n) is 15.3. The molecule has 1 saturated carbocycles. The third kappa shape index (κ3) is 5.09. The zero-order chi connectivity index (χ0) is 19.9. The largest absolute Gasteiger partial charge is 0.508 e. The molecule has 2 aromatic rings. The number of benzene rings is 2. The lowest BCUT2D eigenvalue weighted by atomic mass is 10.1. The van der Waals surface area contributed by atoms with Gasteiger partial charge in [0.05, 0.1) is 16.8 Å². The molecule has 3 N–H and O–H groups in total. The fraction of sp³-hybridized carbons (Fsp3) is 0.286. The van der Waals surface area contributed by atoms with Crippen LogP contribution in [-0.2, 0) is 9.53 Å². The van der Waals surface area contributed by atoms with Crippen molar-refractivity contribution in [2.24, 2.45) is 0 Å². The van der Waals surface area contributed by atoms with Crippen molar-refractivity contribution in [3.05, 3.63) is 59.7 Å². The molecule has 0 aromatic heterocycles. The van der Waals surface area contributed by atoms with Crippen LogP contribution in [0.25, 0.3) is 0 Å². The van der Waals surface area contributed by atoms with Gasteiger partial charge in [0, 0.05) is 6.04 Å². The summed E-state index contributed by atoms with van der Waals surface area (Å²) in [6.07, 6.45) is 4.14. The summed E-state index contributed by atoms with van der Waals surface area (Å²) < 4.78 is 4.96. The summed E-state index contributed by atoms with van der Waals surface area (Å²) in [5.74, 6) is -1.59. The number of carbonyl (C=O) groups is 3. The van der Waals surface area contributed by atoms with E-state index in [0.717, 1.165) is 25.7 Å². The Morgan fingerprint density at radius 1 is 1.04 bits per heavy atom. The van der Waals surface area contributed by atoms with Crippen molar-refractivity contribution in [3.63, 3.8) is 0 Å². The van der Waals surface area contributed by atoms with Gasteiger partial charge in [0.2, 0.25) is 0 Å². The quantitative estimate of drug-likeness (QED) is 0.667. The Hall–Kier alpha value is -3.35. The number of hydrogen-bond acceptors (Lipinski definition) is 5. The topological polar surface area (TPSA) is 105 Å². The highest BCUT2D eigenvalue weighted by atomic mass is 16.5. The van der Waals surface area contributed by atoms with Crippen LogP contribution < -0.4 is 10.6 Å². The van der Waals surface area contributed by atoms with Crippen molar-refractivity contribution in [1.29, 1.82) is 0 Å². The summed E-state index contributed by atoms with van der Waals surface area (Å²) in [4.78, 5) is 36.6. The fourth-order valence-electron chi connectivity index (χ4n) is 3.16. The maximum Gasteiger partial charge on any atom is 0.338 e. The van der Waals surface area contributed by atoms with Crippen LogP contribution in [0.4, 0.5) is 5.69 Å². The van der Waals surface area contributed by atoms with Crippen molar-refractivity contribution >= 4 is 23.5 Å². The summed E-state index contributed by atoms with van der Waals surface area (Å²) in [5, 5.41) is 15.0. The van der Waals surface area contributed by atoms with Crippen molar-refractivity contribution in [2.45, 2.75) is 31.7 Å². The first kappa shape index (κ1) is 19.4. The predicted octanol–water partition coefficient (Wildman–Crippen LogP) is 2.86. The number of aromatic hydroxyl groups is 1. The highest BCUT2D eigenvalue weighted by Crippen LogP contribution is 2.20. The summed E-state index contributed by atoms with van der Waals surface area (Å²) in [6.45, 7) is -0.507. The Bertz CT molecular complexity index is 875. The van der Waals surface area contributed by atoms with Crippen molar-refractivity contribution in [3.8, 4) is 5.75 Å². The molecule has 0 bridgehead atoms. The molecule has 7 nitrogen and oxygen atoms in total. The van der Waals surface area contributed by atoms with Crippen LogP contribution in [0, 0.1) is 0 Å². The maximum atomic E-state index is 12.5. The molecule has 0 spiro atoms. The second-order valence-electron chi connectivity index (χ2n) is 6.68. The lowest BCUT2D eigenvalue weighted by molar-refractivity contribution is -0.119. The second-order valence-corrected chi connectivity index (χ2v) is 6.68. The zero-order valence-corrected chi connectivity index (χ0v) is 15.3. The Kier molecular flexibility index (Phi) is 6.26. The molecule has 1 fully saturated rings. The van der Waals surface area contributed by atoms with E-state index in [2.05, 4.69) is 10.6 Å². The number of anilines is 1. The van der Waals surface area contributed by atoms with Crippen LogP contribution in [0.5, 0.6) is 5.75 Å². The van der Waals surface area contributed by atoms with Crippen LogP contribution in [0.2, 0.25) is 0 Å². The Balaban J connectivity index is 1.58. The first-order valence-electron chi connectivity index (χ1n) is 9.19. The standard InChI is InChI=1S/C21H22N2O5/c24-16-9-5-6-14(12-16)21(27)28-13-19(25)23-18-11-4-3-10-17(18)20(26)22-15-7-1-2-8-15/h3-6,9-12,15,24H,1-2,7-8,13H2,(H,22,26)(H,23,25). The number of phenolic OH excluding ortho intramolecular Hbond substituents is 1. The van der Waals surface area contributed by atoms with Crippen LogP contribution in [-0.4, -0.2) is 35.5 Å². The molecular weight excluding hydrogens is 360 g/mol. The van der Waals surface area contributed by atoms with Gasteiger partial charge in [0.25, 0.3) is 11.8 Å². The van der Waals surface area contributed by atoms with E-state index in [0.29, 0.717) is 11.3 Å². The molecular formula is C21H22N2O5. The molecule has 146 valence electrons. The number of phenols is 1. The van der Waals surface area contributed by atoms with E-state index >= 15 is 0 Å². The first-order chi connectivity index (χ1) is 13.5. The van der Waals surface area contributed by atoms with E-state index in [1.165, 1.54) is 24.3 Å². The van der Waals surface area contributed by atoms with E-state index < -0.39 is 18.5 Å². The van der Waals surface area contributed by atoms with E-state index in [1.54, 1.807) is 24.3 Å². The number of esters is 1. The number of ether oxygens (including phenoxy) is 1. The molecule has 3 rings (SSSR count). The fourth-order valence-corrected chi connectivity index (χ4v) is 3.16. The van der Waals surface area contributed by atoms with Gasteiger partial charge < -0.3 is 20.5 Å². The lowest BCUT2D eigenvalue weighted by Crippen LogP contribution is -2.33. The molecule has 0 unspecified atom stereocenters. The van der Waals surface area contributed by atoms with Gasteiger partial charge in [-0.1, -0.05) is 31.0 Å². The minimum Gasteiger partial charge on any atom is -0.508 e. The molecule has 7 heteroatoms. The Morgan fingerprint density at radius 3 is 2.54 bits per heavy atom. The monoisotopic (exact) mass is 382 g/mol. The third-order valence-corrected chi connectivity index (χ3v) is 4.55. The first-order valence-corrected chi connectivity index (χ1v) is 9.19. The highest BCUT2D eigenvalue weighted by Gasteiger charge is 2.20. The van der Waals surface area contributed by atoms with Crippen LogP contribution in [0.15, 0.2) is 48.5 Å². The van der Waals surface area contributed by atoms with E-state index in [9.17, 15) is 19.5 Å². The summed E-state index contributed by atoms with van der Waals surface area (Å²) in [6, 6.07) is 12.5. The molecule has 0 heterocycles. The van der Waals surface area contributed by atoms with Gasteiger partial charge >= 0.3 is 5.97 Å². The number of hydrogen-bond donors (Lipinski definition) is 3. The van der Waals surface area contributed by atoms with Crippen LogP contribution in [0.3, 0.4) is 0 Å². The number of nitrogens with one attached hydrogen (secondary N) is 2. The molecule has 0 saturated heterocycles. The summed E-state index contributed by atoms with van der Waals surface area (Å²) in [5.41, 5.74) is 0.864. The van der Waals surface area contributed by atoms with Crippen molar-refractivity contribution in [2.75, 3.05) is 11.9 Å². The highest BCUT2D eigenvalue weighted by molar-refractivity contribution is 6.04.